The summed E-state index contributed by atoms with van der Waals surface area (Å²) < 4.78 is 1.35. The van der Waals surface area contributed by atoms with E-state index in [0.29, 0.717) is 5.69 Å². The predicted molar refractivity (Wildman–Crippen MR) is 54.9 cm³/mol. The minimum absolute atomic E-state index is 0.000508. The van der Waals surface area contributed by atoms with Crippen molar-refractivity contribution >= 4 is 17.5 Å². The van der Waals surface area contributed by atoms with Crippen LogP contribution in [0.2, 0.25) is 0 Å². The van der Waals surface area contributed by atoms with Crippen LogP contribution in [0.15, 0.2) is 24.5 Å². The number of carbonyl (C=O) groups is 2. The molecule has 2 amide bonds. The lowest BCUT2D eigenvalue weighted by Crippen LogP contribution is -2.18. The molecule has 0 spiro atoms. The van der Waals surface area contributed by atoms with Gasteiger partial charge in [0.25, 0.3) is 0 Å². The number of aromatic nitrogens is 2. The highest BCUT2D eigenvalue weighted by Crippen LogP contribution is 2.04. The lowest BCUT2D eigenvalue weighted by molar-refractivity contribution is -0.118. The van der Waals surface area contributed by atoms with Crippen LogP contribution in [0.25, 0.3) is 0 Å². The number of primary amides is 1. The Labute approximate surface area is 86.8 Å². The monoisotopic (exact) mass is 208 g/mol. The zero-order chi connectivity index (χ0) is 11.3. The SMILES string of the molecule is CC=CC(=O)Nc1cnn(CC(N)=O)c1. The first-order valence-corrected chi connectivity index (χ1v) is 4.36. The summed E-state index contributed by atoms with van der Waals surface area (Å²) in [6.45, 7) is 1.75. The number of anilines is 1. The first kappa shape index (κ1) is 11.0. The van der Waals surface area contributed by atoms with Crippen LogP contribution in [-0.4, -0.2) is 21.6 Å². The van der Waals surface area contributed by atoms with E-state index in [-0.39, 0.29) is 12.5 Å². The summed E-state index contributed by atoms with van der Waals surface area (Å²) in [7, 11) is 0. The Bertz CT molecular complexity index is 395. The van der Waals surface area contributed by atoms with Gasteiger partial charge in [-0.15, -0.1) is 0 Å². The quantitative estimate of drug-likeness (QED) is 0.676. The molecule has 0 aliphatic carbocycles. The highest BCUT2D eigenvalue weighted by molar-refractivity contribution is 5.99. The second kappa shape index (κ2) is 4.94. The van der Waals surface area contributed by atoms with Gasteiger partial charge in [-0.05, 0) is 13.0 Å². The van der Waals surface area contributed by atoms with Crippen molar-refractivity contribution in [2.45, 2.75) is 13.5 Å². The molecule has 1 rings (SSSR count). The normalized spacial score (nSPS) is 10.5. The van der Waals surface area contributed by atoms with E-state index in [9.17, 15) is 9.59 Å². The highest BCUT2D eigenvalue weighted by atomic mass is 16.2. The minimum atomic E-state index is -0.482. The third kappa shape index (κ3) is 3.63. The maximum Gasteiger partial charge on any atom is 0.248 e. The van der Waals surface area contributed by atoms with E-state index >= 15 is 0 Å². The van der Waals surface area contributed by atoms with Gasteiger partial charge in [0.1, 0.15) is 6.54 Å². The molecule has 0 bridgehead atoms. The fourth-order valence-electron chi connectivity index (χ4n) is 1.01. The van der Waals surface area contributed by atoms with Gasteiger partial charge >= 0.3 is 0 Å². The van der Waals surface area contributed by atoms with Gasteiger partial charge in [0.05, 0.1) is 11.9 Å². The molecule has 1 aromatic heterocycles. The van der Waals surface area contributed by atoms with Crippen LogP contribution in [0, 0.1) is 0 Å². The zero-order valence-electron chi connectivity index (χ0n) is 8.30. The molecule has 6 nitrogen and oxygen atoms in total. The van der Waals surface area contributed by atoms with E-state index in [4.69, 9.17) is 5.73 Å². The molecular formula is C9H12N4O2. The second-order valence-electron chi connectivity index (χ2n) is 2.88. The summed E-state index contributed by atoms with van der Waals surface area (Å²) in [5.41, 5.74) is 5.51. The number of hydrogen-bond donors (Lipinski definition) is 2. The van der Waals surface area contributed by atoms with Crippen molar-refractivity contribution in [3.05, 3.63) is 24.5 Å². The van der Waals surface area contributed by atoms with Crippen molar-refractivity contribution < 1.29 is 9.59 Å². The van der Waals surface area contributed by atoms with Crippen LogP contribution < -0.4 is 11.1 Å². The van der Waals surface area contributed by atoms with Crippen molar-refractivity contribution in [3.63, 3.8) is 0 Å². The predicted octanol–water partition coefficient (Wildman–Crippen LogP) is -0.117. The molecule has 15 heavy (non-hydrogen) atoms. The van der Waals surface area contributed by atoms with E-state index in [1.807, 2.05) is 0 Å². The molecule has 3 N–H and O–H groups in total. The van der Waals surface area contributed by atoms with E-state index in [1.54, 1.807) is 13.0 Å². The van der Waals surface area contributed by atoms with Crippen LogP contribution in [0.5, 0.6) is 0 Å². The van der Waals surface area contributed by atoms with Gasteiger partial charge in [0.15, 0.2) is 0 Å². The van der Waals surface area contributed by atoms with Crippen molar-refractivity contribution in [3.8, 4) is 0 Å². The molecule has 0 unspecified atom stereocenters. The molecule has 6 heteroatoms. The number of amides is 2. The molecule has 0 aromatic carbocycles. The molecule has 80 valence electrons. The van der Waals surface area contributed by atoms with E-state index < -0.39 is 5.91 Å². The second-order valence-corrected chi connectivity index (χ2v) is 2.88. The molecular weight excluding hydrogens is 196 g/mol. The standard InChI is InChI=1S/C9H12N4O2/c1-2-3-9(15)12-7-4-11-13(5-7)6-8(10)14/h2-5H,6H2,1H3,(H2,10,14)(H,12,15). The highest BCUT2D eigenvalue weighted by Gasteiger charge is 2.02. The molecule has 0 atom stereocenters. The topological polar surface area (TPSA) is 90.0 Å². The largest absolute Gasteiger partial charge is 0.368 e. The first-order valence-electron chi connectivity index (χ1n) is 4.36. The number of hydrogen-bond acceptors (Lipinski definition) is 3. The van der Waals surface area contributed by atoms with Crippen molar-refractivity contribution in [1.82, 2.24) is 9.78 Å². The molecule has 1 heterocycles. The fourth-order valence-corrected chi connectivity index (χ4v) is 1.01. The maximum atomic E-state index is 11.1. The van der Waals surface area contributed by atoms with Crippen molar-refractivity contribution in [2.75, 3.05) is 5.32 Å². The van der Waals surface area contributed by atoms with E-state index in [2.05, 4.69) is 10.4 Å². The average Bonchev–Trinajstić information content (AvgIpc) is 2.51. The smallest absolute Gasteiger partial charge is 0.248 e. The summed E-state index contributed by atoms with van der Waals surface area (Å²) in [4.78, 5) is 21.7. The molecule has 1 aromatic rings. The Kier molecular flexibility index (Phi) is 3.61. The fraction of sp³-hybridized carbons (Fsp3) is 0.222. The molecule has 0 saturated carbocycles. The zero-order valence-corrected chi connectivity index (χ0v) is 8.30. The lowest BCUT2D eigenvalue weighted by Gasteiger charge is -1.96. The van der Waals surface area contributed by atoms with Crippen LogP contribution >= 0.6 is 0 Å². The number of carbonyl (C=O) groups excluding carboxylic acids is 2. The summed E-state index contributed by atoms with van der Waals surface area (Å²) in [5, 5.41) is 6.42. The van der Waals surface area contributed by atoms with Gasteiger partial charge in [-0.3, -0.25) is 14.3 Å². The van der Waals surface area contributed by atoms with Crippen LogP contribution in [0.1, 0.15) is 6.92 Å². The van der Waals surface area contributed by atoms with Gasteiger partial charge in [0.2, 0.25) is 11.8 Å². The van der Waals surface area contributed by atoms with Crippen molar-refractivity contribution in [1.29, 1.82) is 0 Å². The average molecular weight is 208 g/mol. The number of nitrogens with zero attached hydrogens (tertiary/aromatic N) is 2. The van der Waals surface area contributed by atoms with Crippen LogP contribution in [0.3, 0.4) is 0 Å². The van der Waals surface area contributed by atoms with E-state index in [1.165, 1.54) is 23.2 Å². The summed E-state index contributed by atoms with van der Waals surface area (Å²) >= 11 is 0. The Morgan fingerprint density at radius 3 is 3.00 bits per heavy atom. The molecule has 0 aliphatic heterocycles. The van der Waals surface area contributed by atoms with Gasteiger partial charge in [-0.25, -0.2) is 0 Å². The Morgan fingerprint density at radius 1 is 1.67 bits per heavy atom. The number of nitrogens with one attached hydrogen (secondary N) is 1. The molecule has 0 saturated heterocycles. The third-order valence-corrected chi connectivity index (χ3v) is 1.54. The number of nitrogens with two attached hydrogens (primary N) is 1. The van der Waals surface area contributed by atoms with E-state index in [0.717, 1.165) is 0 Å². The number of allylic oxidation sites excluding steroid dienone is 1. The Morgan fingerprint density at radius 2 is 2.40 bits per heavy atom. The van der Waals surface area contributed by atoms with Gasteiger partial charge in [-0.2, -0.15) is 5.10 Å². The van der Waals surface area contributed by atoms with Crippen LogP contribution in [0.4, 0.5) is 5.69 Å². The van der Waals surface area contributed by atoms with Crippen molar-refractivity contribution in [2.24, 2.45) is 5.73 Å². The number of rotatable bonds is 4. The summed E-state index contributed by atoms with van der Waals surface area (Å²) in [6.07, 6.45) is 6.01. The Balaban J connectivity index is 2.60. The summed E-state index contributed by atoms with van der Waals surface area (Å²) in [6, 6.07) is 0. The lowest BCUT2D eigenvalue weighted by atomic mass is 10.4. The molecule has 0 radical (unpaired) electrons. The van der Waals surface area contributed by atoms with Crippen LogP contribution in [-0.2, 0) is 16.1 Å². The van der Waals surface area contributed by atoms with Gasteiger partial charge < -0.3 is 11.1 Å². The molecule has 0 fully saturated rings. The van der Waals surface area contributed by atoms with Gasteiger partial charge in [-0.1, -0.05) is 6.08 Å². The first-order chi connectivity index (χ1) is 7.11. The summed E-state index contributed by atoms with van der Waals surface area (Å²) in [5.74, 6) is -0.722. The van der Waals surface area contributed by atoms with Gasteiger partial charge in [0, 0.05) is 6.20 Å². The maximum absolute atomic E-state index is 11.1. The third-order valence-electron chi connectivity index (χ3n) is 1.54. The molecule has 0 aliphatic rings. The minimum Gasteiger partial charge on any atom is -0.368 e. The Hall–Kier alpha value is -2.11.